The molecule has 0 aliphatic carbocycles. The van der Waals surface area contributed by atoms with Gasteiger partial charge in [0.2, 0.25) is 0 Å². The van der Waals surface area contributed by atoms with Gasteiger partial charge in [0, 0.05) is 0 Å². The number of alkyl halides is 1. The monoisotopic (exact) mass is 150 g/mol. The van der Waals surface area contributed by atoms with Gasteiger partial charge >= 0.3 is 0 Å². The zero-order valence-electron chi connectivity index (χ0n) is 5.43. The summed E-state index contributed by atoms with van der Waals surface area (Å²) >= 11 is 5.66. The standard InChI is InChI=1S/C6H11ClO2/c1-2-3-6(7,8)5-4-9-5/h5,8H,2-4H2,1H3. The topological polar surface area (TPSA) is 32.8 Å². The second-order valence-corrected chi connectivity index (χ2v) is 3.05. The summed E-state index contributed by atoms with van der Waals surface area (Å²) in [5.74, 6) is 0. The largest absolute Gasteiger partial charge is 0.372 e. The molecule has 0 bridgehead atoms. The third kappa shape index (κ3) is 1.81. The Morgan fingerprint density at radius 1 is 1.89 bits per heavy atom. The van der Waals surface area contributed by atoms with Crippen molar-refractivity contribution in [3.05, 3.63) is 0 Å². The van der Waals surface area contributed by atoms with Gasteiger partial charge in [-0.05, 0) is 6.42 Å². The summed E-state index contributed by atoms with van der Waals surface area (Å²) < 4.78 is 4.84. The molecule has 1 fully saturated rings. The summed E-state index contributed by atoms with van der Waals surface area (Å²) in [4.78, 5) is 0. The predicted octanol–water partition coefficient (Wildman–Crippen LogP) is 1.11. The number of ether oxygens (including phenoxy) is 1. The van der Waals surface area contributed by atoms with Crippen LogP contribution in [-0.4, -0.2) is 22.9 Å². The summed E-state index contributed by atoms with van der Waals surface area (Å²) in [5.41, 5.74) is 0. The van der Waals surface area contributed by atoms with Crippen LogP contribution in [0.2, 0.25) is 0 Å². The first kappa shape index (κ1) is 7.32. The predicted molar refractivity (Wildman–Crippen MR) is 35.5 cm³/mol. The van der Waals surface area contributed by atoms with E-state index in [2.05, 4.69) is 0 Å². The zero-order chi connectivity index (χ0) is 6.91. The fourth-order valence-corrected chi connectivity index (χ4v) is 1.13. The number of hydrogen-bond donors (Lipinski definition) is 1. The lowest BCUT2D eigenvalue weighted by molar-refractivity contribution is 0.0834. The fraction of sp³-hybridized carbons (Fsp3) is 1.00. The lowest BCUT2D eigenvalue weighted by atomic mass is 10.1. The highest BCUT2D eigenvalue weighted by atomic mass is 35.5. The maximum Gasteiger partial charge on any atom is 0.166 e. The summed E-state index contributed by atoms with van der Waals surface area (Å²) in [6.07, 6.45) is 1.39. The molecule has 0 amide bonds. The maximum atomic E-state index is 9.29. The molecule has 0 aromatic heterocycles. The first-order valence-electron chi connectivity index (χ1n) is 3.19. The van der Waals surface area contributed by atoms with Gasteiger partial charge in [-0.15, -0.1) is 0 Å². The van der Waals surface area contributed by atoms with Gasteiger partial charge in [-0.1, -0.05) is 24.9 Å². The Kier molecular flexibility index (Phi) is 1.99. The van der Waals surface area contributed by atoms with Crippen molar-refractivity contribution in [1.82, 2.24) is 0 Å². The van der Waals surface area contributed by atoms with Gasteiger partial charge in [-0.25, -0.2) is 0 Å². The minimum Gasteiger partial charge on any atom is -0.372 e. The Morgan fingerprint density at radius 3 is 2.78 bits per heavy atom. The van der Waals surface area contributed by atoms with E-state index in [0.717, 1.165) is 6.42 Å². The van der Waals surface area contributed by atoms with Crippen molar-refractivity contribution in [2.45, 2.75) is 30.9 Å². The molecule has 0 spiro atoms. The molecule has 1 saturated heterocycles. The van der Waals surface area contributed by atoms with Gasteiger partial charge in [0.05, 0.1) is 6.61 Å². The summed E-state index contributed by atoms with van der Waals surface area (Å²) in [5, 5.41) is 8.21. The fourth-order valence-electron chi connectivity index (χ4n) is 0.815. The van der Waals surface area contributed by atoms with Crippen LogP contribution in [0.5, 0.6) is 0 Å². The van der Waals surface area contributed by atoms with Crippen molar-refractivity contribution < 1.29 is 9.84 Å². The van der Waals surface area contributed by atoms with Crippen LogP contribution in [0.1, 0.15) is 19.8 Å². The van der Waals surface area contributed by atoms with Crippen molar-refractivity contribution in [2.75, 3.05) is 6.61 Å². The number of halogens is 1. The van der Waals surface area contributed by atoms with Crippen molar-refractivity contribution in [1.29, 1.82) is 0 Å². The molecule has 9 heavy (non-hydrogen) atoms. The van der Waals surface area contributed by atoms with E-state index < -0.39 is 5.06 Å². The Morgan fingerprint density at radius 2 is 2.44 bits per heavy atom. The molecule has 3 heteroatoms. The third-order valence-electron chi connectivity index (χ3n) is 1.43. The molecule has 0 aromatic rings. The first-order valence-corrected chi connectivity index (χ1v) is 3.57. The summed E-state index contributed by atoms with van der Waals surface area (Å²) in [7, 11) is 0. The van der Waals surface area contributed by atoms with Gasteiger partial charge in [0.15, 0.2) is 5.06 Å². The number of hydrogen-bond acceptors (Lipinski definition) is 2. The van der Waals surface area contributed by atoms with E-state index in [1.165, 1.54) is 0 Å². The molecule has 1 heterocycles. The highest BCUT2D eigenvalue weighted by Crippen LogP contribution is 2.32. The molecule has 1 aliphatic rings. The highest BCUT2D eigenvalue weighted by molar-refractivity contribution is 6.23. The Hall–Kier alpha value is 0.210. The zero-order valence-corrected chi connectivity index (χ0v) is 6.19. The van der Waals surface area contributed by atoms with Gasteiger partial charge in [-0.3, -0.25) is 0 Å². The van der Waals surface area contributed by atoms with Crippen LogP contribution in [0.25, 0.3) is 0 Å². The molecule has 54 valence electrons. The average Bonchev–Trinajstić information content (AvgIpc) is 2.41. The van der Waals surface area contributed by atoms with Gasteiger partial charge in [-0.2, -0.15) is 0 Å². The van der Waals surface area contributed by atoms with Crippen LogP contribution in [0, 0.1) is 0 Å². The van der Waals surface area contributed by atoms with E-state index >= 15 is 0 Å². The molecule has 1 N–H and O–H groups in total. The normalized spacial score (nSPS) is 31.7. The Bertz CT molecular complexity index is 99.2. The van der Waals surface area contributed by atoms with E-state index in [9.17, 15) is 5.11 Å². The quantitative estimate of drug-likeness (QED) is 0.483. The maximum absolute atomic E-state index is 9.29. The summed E-state index contributed by atoms with van der Waals surface area (Å²) in [6.45, 7) is 2.59. The molecule has 2 atom stereocenters. The molecule has 0 radical (unpaired) electrons. The van der Waals surface area contributed by atoms with Gasteiger partial charge in [0.1, 0.15) is 6.10 Å². The molecule has 1 rings (SSSR count). The molecule has 1 aliphatic heterocycles. The second kappa shape index (κ2) is 2.45. The lowest BCUT2D eigenvalue weighted by Gasteiger charge is -2.15. The van der Waals surface area contributed by atoms with Crippen molar-refractivity contribution in [3.8, 4) is 0 Å². The van der Waals surface area contributed by atoms with Crippen molar-refractivity contribution in [2.24, 2.45) is 0 Å². The molecular weight excluding hydrogens is 140 g/mol. The van der Waals surface area contributed by atoms with Crippen molar-refractivity contribution in [3.63, 3.8) is 0 Å². The molecule has 2 unspecified atom stereocenters. The van der Waals surface area contributed by atoms with Crippen LogP contribution in [0.15, 0.2) is 0 Å². The van der Waals surface area contributed by atoms with E-state index in [1.54, 1.807) is 0 Å². The second-order valence-electron chi connectivity index (χ2n) is 2.39. The van der Waals surface area contributed by atoms with Gasteiger partial charge < -0.3 is 9.84 Å². The van der Waals surface area contributed by atoms with Crippen LogP contribution >= 0.6 is 11.6 Å². The van der Waals surface area contributed by atoms with E-state index in [1.807, 2.05) is 6.92 Å². The van der Waals surface area contributed by atoms with E-state index in [0.29, 0.717) is 13.0 Å². The molecule has 2 nitrogen and oxygen atoms in total. The highest BCUT2D eigenvalue weighted by Gasteiger charge is 2.43. The SMILES string of the molecule is CCCC(O)(Cl)C1CO1. The minimum absolute atomic E-state index is 0.112. The average molecular weight is 151 g/mol. The van der Waals surface area contributed by atoms with Crippen LogP contribution in [0.4, 0.5) is 0 Å². The number of aliphatic hydroxyl groups is 1. The number of epoxide rings is 1. The minimum atomic E-state index is -1.09. The smallest absolute Gasteiger partial charge is 0.166 e. The van der Waals surface area contributed by atoms with Crippen LogP contribution in [0.3, 0.4) is 0 Å². The Balaban J connectivity index is 2.30. The number of rotatable bonds is 3. The molecule has 0 aromatic carbocycles. The first-order chi connectivity index (χ1) is 4.17. The van der Waals surface area contributed by atoms with Crippen molar-refractivity contribution >= 4 is 11.6 Å². The van der Waals surface area contributed by atoms with Crippen LogP contribution in [-0.2, 0) is 4.74 Å². The third-order valence-corrected chi connectivity index (χ3v) is 1.86. The lowest BCUT2D eigenvalue weighted by Crippen LogP contribution is -2.27. The van der Waals surface area contributed by atoms with Gasteiger partial charge in [0.25, 0.3) is 0 Å². The van der Waals surface area contributed by atoms with E-state index in [-0.39, 0.29) is 6.10 Å². The summed E-state index contributed by atoms with van der Waals surface area (Å²) in [6, 6.07) is 0. The van der Waals surface area contributed by atoms with E-state index in [4.69, 9.17) is 16.3 Å². The van der Waals surface area contributed by atoms with Crippen LogP contribution < -0.4 is 0 Å². The molecule has 0 saturated carbocycles. The Labute approximate surface area is 59.8 Å². The molecular formula is C6H11ClO2.